The number of benzene rings is 2. The van der Waals surface area contributed by atoms with Crippen LogP contribution < -0.4 is 14.8 Å². The van der Waals surface area contributed by atoms with Crippen LogP contribution in [-0.2, 0) is 6.61 Å². The second kappa shape index (κ2) is 7.90. The molecular formula is C19H16BrNO4. The molecule has 0 atom stereocenters. The van der Waals surface area contributed by atoms with Crippen molar-refractivity contribution in [2.24, 2.45) is 0 Å². The third-order valence-electron chi connectivity index (χ3n) is 3.39. The number of furan rings is 1. The summed E-state index contributed by atoms with van der Waals surface area (Å²) in [6, 6.07) is 18.0. The third-order valence-corrected chi connectivity index (χ3v) is 3.88. The lowest BCUT2D eigenvalue weighted by Gasteiger charge is -2.06. The fraction of sp³-hybridized carbons (Fsp3) is 0.105. The largest absolute Gasteiger partial charge is 0.497 e. The Balaban J connectivity index is 1.60. The number of nitrogens with one attached hydrogen (secondary N) is 1. The molecule has 128 valence electrons. The Bertz CT molecular complexity index is 875. The van der Waals surface area contributed by atoms with Gasteiger partial charge in [0.05, 0.1) is 7.11 Å². The monoisotopic (exact) mass is 401 g/mol. The summed E-state index contributed by atoms with van der Waals surface area (Å²) >= 11 is 3.37. The van der Waals surface area contributed by atoms with Gasteiger partial charge in [0.15, 0.2) is 5.76 Å². The average Bonchev–Trinajstić information content (AvgIpc) is 3.09. The molecule has 2 aromatic carbocycles. The lowest BCUT2D eigenvalue weighted by molar-refractivity contribution is 0.0992. The Kier molecular flexibility index (Phi) is 5.40. The van der Waals surface area contributed by atoms with E-state index in [1.807, 2.05) is 36.4 Å². The third kappa shape index (κ3) is 4.64. The highest BCUT2D eigenvalue weighted by Gasteiger charge is 2.12. The number of ether oxygens (including phenoxy) is 2. The van der Waals surface area contributed by atoms with Crippen LogP contribution in [0.2, 0.25) is 0 Å². The van der Waals surface area contributed by atoms with Gasteiger partial charge in [-0.05, 0) is 42.5 Å². The maximum Gasteiger partial charge on any atom is 0.291 e. The molecule has 3 rings (SSSR count). The molecule has 0 bridgehead atoms. The quantitative estimate of drug-likeness (QED) is 0.639. The number of hydrogen-bond acceptors (Lipinski definition) is 4. The van der Waals surface area contributed by atoms with Crippen LogP contribution in [0, 0.1) is 0 Å². The van der Waals surface area contributed by atoms with Crippen LogP contribution in [0.4, 0.5) is 5.69 Å². The van der Waals surface area contributed by atoms with Gasteiger partial charge in [0.25, 0.3) is 5.91 Å². The van der Waals surface area contributed by atoms with Gasteiger partial charge in [-0.3, -0.25) is 4.79 Å². The summed E-state index contributed by atoms with van der Waals surface area (Å²) in [5.74, 6) is 1.85. The van der Waals surface area contributed by atoms with Crippen molar-refractivity contribution in [3.05, 3.63) is 76.7 Å². The van der Waals surface area contributed by atoms with E-state index < -0.39 is 0 Å². The Hall–Kier alpha value is -2.73. The zero-order valence-corrected chi connectivity index (χ0v) is 15.1. The Morgan fingerprint density at radius 3 is 2.68 bits per heavy atom. The molecule has 0 aliphatic carbocycles. The predicted molar refractivity (Wildman–Crippen MR) is 98.1 cm³/mol. The summed E-state index contributed by atoms with van der Waals surface area (Å²) in [5.41, 5.74) is 0.685. The predicted octanol–water partition coefficient (Wildman–Crippen LogP) is 4.88. The first-order chi connectivity index (χ1) is 12.1. The number of amides is 1. The highest BCUT2D eigenvalue weighted by molar-refractivity contribution is 9.10. The molecule has 6 heteroatoms. The summed E-state index contributed by atoms with van der Waals surface area (Å²) < 4.78 is 17.2. The molecule has 0 radical (unpaired) electrons. The lowest BCUT2D eigenvalue weighted by atomic mass is 10.3. The summed E-state index contributed by atoms with van der Waals surface area (Å²) in [6.07, 6.45) is 0. The van der Waals surface area contributed by atoms with E-state index in [0.29, 0.717) is 22.9 Å². The number of anilines is 1. The van der Waals surface area contributed by atoms with E-state index in [-0.39, 0.29) is 18.3 Å². The number of carbonyl (C=O) groups is 1. The van der Waals surface area contributed by atoms with Crippen LogP contribution in [0.5, 0.6) is 11.5 Å². The Morgan fingerprint density at radius 2 is 1.88 bits per heavy atom. The van der Waals surface area contributed by atoms with E-state index in [1.54, 1.807) is 31.4 Å². The van der Waals surface area contributed by atoms with Crippen molar-refractivity contribution in [1.82, 2.24) is 0 Å². The Labute approximate surface area is 153 Å². The first-order valence-corrected chi connectivity index (χ1v) is 8.36. The van der Waals surface area contributed by atoms with Crippen molar-refractivity contribution in [3.63, 3.8) is 0 Å². The van der Waals surface area contributed by atoms with E-state index in [2.05, 4.69) is 21.2 Å². The summed E-state index contributed by atoms with van der Waals surface area (Å²) in [7, 11) is 1.60. The van der Waals surface area contributed by atoms with Crippen molar-refractivity contribution in [3.8, 4) is 11.5 Å². The average molecular weight is 402 g/mol. The van der Waals surface area contributed by atoms with Crippen molar-refractivity contribution >= 4 is 27.5 Å². The maximum absolute atomic E-state index is 12.2. The molecule has 1 heterocycles. The highest BCUT2D eigenvalue weighted by Crippen LogP contribution is 2.21. The van der Waals surface area contributed by atoms with Gasteiger partial charge in [-0.15, -0.1) is 0 Å². The fourth-order valence-electron chi connectivity index (χ4n) is 2.18. The van der Waals surface area contributed by atoms with E-state index in [1.165, 1.54) is 0 Å². The number of carbonyl (C=O) groups excluding carboxylic acids is 1. The van der Waals surface area contributed by atoms with Crippen LogP contribution in [0.25, 0.3) is 0 Å². The molecule has 1 amide bonds. The van der Waals surface area contributed by atoms with Crippen molar-refractivity contribution in [1.29, 1.82) is 0 Å². The molecule has 0 spiro atoms. The van der Waals surface area contributed by atoms with Crippen LogP contribution >= 0.6 is 15.9 Å². The van der Waals surface area contributed by atoms with Crippen LogP contribution in [0.1, 0.15) is 16.3 Å². The standard InChI is InChI=1S/C19H16BrNO4/c1-23-15-6-3-7-16(11-15)24-12-17-8-9-18(25-17)19(22)21-14-5-2-4-13(20)10-14/h2-11H,12H2,1H3,(H,21,22). The van der Waals surface area contributed by atoms with E-state index in [9.17, 15) is 4.79 Å². The maximum atomic E-state index is 12.2. The normalized spacial score (nSPS) is 10.3. The second-order valence-electron chi connectivity index (χ2n) is 5.20. The van der Waals surface area contributed by atoms with E-state index in [0.717, 1.165) is 4.47 Å². The molecule has 1 aromatic heterocycles. The first kappa shape index (κ1) is 17.1. The smallest absolute Gasteiger partial charge is 0.291 e. The summed E-state index contributed by atoms with van der Waals surface area (Å²) in [5, 5.41) is 2.78. The van der Waals surface area contributed by atoms with Crippen LogP contribution in [0.3, 0.4) is 0 Å². The van der Waals surface area contributed by atoms with Crippen LogP contribution in [-0.4, -0.2) is 13.0 Å². The highest BCUT2D eigenvalue weighted by atomic mass is 79.9. The summed E-state index contributed by atoms with van der Waals surface area (Å²) in [4.78, 5) is 12.2. The van der Waals surface area contributed by atoms with Gasteiger partial charge in [0, 0.05) is 16.2 Å². The topological polar surface area (TPSA) is 60.7 Å². The minimum Gasteiger partial charge on any atom is -0.497 e. The van der Waals surface area contributed by atoms with Gasteiger partial charge < -0.3 is 19.2 Å². The van der Waals surface area contributed by atoms with Crippen molar-refractivity contribution < 1.29 is 18.7 Å². The van der Waals surface area contributed by atoms with Crippen molar-refractivity contribution in [2.75, 3.05) is 12.4 Å². The fourth-order valence-corrected chi connectivity index (χ4v) is 2.58. The van der Waals surface area contributed by atoms with Gasteiger partial charge in [-0.2, -0.15) is 0 Å². The van der Waals surface area contributed by atoms with Gasteiger partial charge in [0.2, 0.25) is 0 Å². The van der Waals surface area contributed by atoms with Gasteiger partial charge in [0.1, 0.15) is 23.9 Å². The van der Waals surface area contributed by atoms with Gasteiger partial charge in [-0.1, -0.05) is 28.1 Å². The van der Waals surface area contributed by atoms with Gasteiger partial charge >= 0.3 is 0 Å². The molecule has 0 aliphatic rings. The van der Waals surface area contributed by atoms with E-state index >= 15 is 0 Å². The second-order valence-corrected chi connectivity index (χ2v) is 6.11. The molecule has 0 aliphatic heterocycles. The number of halogens is 1. The lowest BCUT2D eigenvalue weighted by Crippen LogP contribution is -2.10. The van der Waals surface area contributed by atoms with Crippen LogP contribution in [0.15, 0.2) is 69.6 Å². The molecule has 0 saturated carbocycles. The van der Waals surface area contributed by atoms with E-state index in [4.69, 9.17) is 13.9 Å². The molecule has 0 fully saturated rings. The number of methoxy groups -OCH3 is 1. The number of hydrogen-bond donors (Lipinski definition) is 1. The SMILES string of the molecule is COc1cccc(OCc2ccc(C(=O)Nc3cccc(Br)c3)o2)c1. The molecule has 0 unspecified atom stereocenters. The summed E-state index contributed by atoms with van der Waals surface area (Å²) in [6.45, 7) is 0.220. The zero-order chi connectivity index (χ0) is 17.6. The van der Waals surface area contributed by atoms with Gasteiger partial charge in [-0.25, -0.2) is 0 Å². The molecule has 3 aromatic rings. The zero-order valence-electron chi connectivity index (χ0n) is 13.5. The minimum absolute atomic E-state index is 0.220. The number of rotatable bonds is 6. The molecular weight excluding hydrogens is 386 g/mol. The molecule has 1 N–H and O–H groups in total. The molecule has 25 heavy (non-hydrogen) atoms. The Morgan fingerprint density at radius 1 is 1.08 bits per heavy atom. The minimum atomic E-state index is -0.314. The molecule has 0 saturated heterocycles. The first-order valence-electron chi connectivity index (χ1n) is 7.56. The molecule has 5 nitrogen and oxygen atoms in total. The van der Waals surface area contributed by atoms with Crippen molar-refractivity contribution in [2.45, 2.75) is 6.61 Å².